The van der Waals surface area contributed by atoms with E-state index in [0.29, 0.717) is 12.8 Å². The molecule has 2 nitrogen and oxygen atoms in total. The maximum Gasteiger partial charge on any atom is 0.392 e. The average molecular weight is 248 g/mol. The quantitative estimate of drug-likeness (QED) is 0.866. The van der Waals surface area contributed by atoms with Crippen LogP contribution in [0.4, 0.5) is 13.2 Å². The number of hydrogen-bond donors (Lipinski definition) is 1. The van der Waals surface area contributed by atoms with Crippen molar-refractivity contribution in [2.45, 2.75) is 38.0 Å². The molecule has 1 aliphatic carbocycles. The van der Waals surface area contributed by atoms with E-state index in [4.69, 9.17) is 4.42 Å². The topological polar surface area (TPSA) is 33.4 Å². The maximum atomic E-state index is 12.9. The molecule has 1 heterocycles. The number of aliphatic hydroxyl groups excluding tert-OH is 1. The van der Waals surface area contributed by atoms with Crippen molar-refractivity contribution < 1.29 is 22.7 Å². The molecule has 5 heteroatoms. The lowest BCUT2D eigenvalue weighted by Gasteiger charge is -2.35. The standard InChI is InChI=1S/C12H15F3O2/c13-12(14,15)9-5-2-1-4-8(9)11(16)10-6-3-7-17-10/h3,6-9,11,16H,1-2,4-5H2. The molecule has 17 heavy (non-hydrogen) atoms. The van der Waals surface area contributed by atoms with Crippen molar-refractivity contribution >= 4 is 0 Å². The molecule has 1 aromatic heterocycles. The lowest BCUT2D eigenvalue weighted by atomic mass is 9.75. The third-order valence-electron chi connectivity index (χ3n) is 3.48. The summed E-state index contributed by atoms with van der Waals surface area (Å²) in [6.07, 6.45) is -2.22. The van der Waals surface area contributed by atoms with Crippen molar-refractivity contribution in [3.8, 4) is 0 Å². The molecule has 96 valence electrons. The first kappa shape index (κ1) is 12.5. The third-order valence-corrected chi connectivity index (χ3v) is 3.48. The van der Waals surface area contributed by atoms with Crippen LogP contribution in [0.3, 0.4) is 0 Å². The zero-order valence-corrected chi connectivity index (χ0v) is 9.28. The fourth-order valence-electron chi connectivity index (χ4n) is 2.61. The number of hydrogen-bond acceptors (Lipinski definition) is 2. The van der Waals surface area contributed by atoms with Gasteiger partial charge in [0.25, 0.3) is 0 Å². The van der Waals surface area contributed by atoms with E-state index in [1.807, 2.05) is 0 Å². The monoisotopic (exact) mass is 248 g/mol. The molecule has 0 aromatic carbocycles. The molecular weight excluding hydrogens is 233 g/mol. The Morgan fingerprint density at radius 3 is 2.59 bits per heavy atom. The van der Waals surface area contributed by atoms with Crippen molar-refractivity contribution in [2.75, 3.05) is 0 Å². The average Bonchev–Trinajstić information content (AvgIpc) is 2.80. The minimum absolute atomic E-state index is 0.103. The largest absolute Gasteiger partial charge is 0.467 e. The van der Waals surface area contributed by atoms with Gasteiger partial charge >= 0.3 is 6.18 Å². The maximum absolute atomic E-state index is 12.9. The van der Waals surface area contributed by atoms with E-state index in [9.17, 15) is 18.3 Å². The minimum atomic E-state index is -4.24. The van der Waals surface area contributed by atoms with Gasteiger partial charge in [0.05, 0.1) is 12.2 Å². The molecule has 1 N–H and O–H groups in total. The zero-order valence-electron chi connectivity index (χ0n) is 9.28. The van der Waals surface area contributed by atoms with Crippen LogP contribution in [0.25, 0.3) is 0 Å². The summed E-state index contributed by atoms with van der Waals surface area (Å²) in [7, 11) is 0. The molecule has 3 unspecified atom stereocenters. The Balaban J connectivity index is 2.16. The fraction of sp³-hybridized carbons (Fsp3) is 0.667. The lowest BCUT2D eigenvalue weighted by Crippen LogP contribution is -2.36. The molecule has 0 saturated heterocycles. The molecule has 0 bridgehead atoms. The molecule has 1 aliphatic rings. The van der Waals surface area contributed by atoms with Gasteiger partial charge in [-0.25, -0.2) is 0 Å². The predicted octanol–water partition coefficient (Wildman–Crippen LogP) is 3.68. The molecule has 0 spiro atoms. The summed E-state index contributed by atoms with van der Waals surface area (Å²) in [5.41, 5.74) is 0. The van der Waals surface area contributed by atoms with Crippen LogP contribution in [0, 0.1) is 11.8 Å². The van der Waals surface area contributed by atoms with Crippen LogP contribution in [0.15, 0.2) is 22.8 Å². The van der Waals surface area contributed by atoms with Crippen LogP contribution in [-0.2, 0) is 0 Å². The van der Waals surface area contributed by atoms with Crippen LogP contribution in [-0.4, -0.2) is 11.3 Å². The number of aliphatic hydroxyl groups is 1. The summed E-state index contributed by atoms with van der Waals surface area (Å²) < 4.78 is 43.5. The molecule has 0 amide bonds. The fourth-order valence-corrected chi connectivity index (χ4v) is 2.61. The second kappa shape index (κ2) is 4.72. The third kappa shape index (κ3) is 2.65. The highest BCUT2D eigenvalue weighted by Gasteiger charge is 2.48. The molecule has 1 aromatic rings. The molecule has 0 aliphatic heterocycles. The van der Waals surface area contributed by atoms with Gasteiger partial charge in [-0.05, 0) is 25.0 Å². The van der Waals surface area contributed by atoms with Crippen molar-refractivity contribution in [2.24, 2.45) is 11.8 Å². The van der Waals surface area contributed by atoms with E-state index < -0.39 is 24.1 Å². The second-order valence-electron chi connectivity index (χ2n) is 4.56. The van der Waals surface area contributed by atoms with Crippen LogP contribution >= 0.6 is 0 Å². The lowest BCUT2D eigenvalue weighted by molar-refractivity contribution is -0.208. The summed E-state index contributed by atoms with van der Waals surface area (Å²) in [5, 5.41) is 9.97. The van der Waals surface area contributed by atoms with Crippen molar-refractivity contribution in [3.05, 3.63) is 24.2 Å². The molecular formula is C12H15F3O2. The highest BCUT2D eigenvalue weighted by atomic mass is 19.4. The van der Waals surface area contributed by atoms with E-state index >= 15 is 0 Å². The summed E-state index contributed by atoms with van der Waals surface area (Å²) in [6, 6.07) is 3.09. The van der Waals surface area contributed by atoms with Gasteiger partial charge in [0.1, 0.15) is 11.9 Å². The Bertz CT molecular complexity index is 345. The van der Waals surface area contributed by atoms with Crippen molar-refractivity contribution in [1.82, 2.24) is 0 Å². The normalized spacial score (nSPS) is 28.0. The highest BCUT2D eigenvalue weighted by Crippen LogP contribution is 2.46. The Hall–Kier alpha value is -0.970. The van der Waals surface area contributed by atoms with Gasteiger partial charge in [-0.15, -0.1) is 0 Å². The highest BCUT2D eigenvalue weighted by molar-refractivity contribution is 5.05. The summed E-state index contributed by atoms with van der Waals surface area (Å²) in [5.74, 6) is -1.97. The minimum Gasteiger partial charge on any atom is -0.467 e. The van der Waals surface area contributed by atoms with E-state index in [-0.39, 0.29) is 12.2 Å². The number of alkyl halides is 3. The molecule has 1 saturated carbocycles. The van der Waals surface area contributed by atoms with Gasteiger partial charge in [0.2, 0.25) is 0 Å². The number of halogens is 3. The smallest absolute Gasteiger partial charge is 0.392 e. The van der Waals surface area contributed by atoms with Gasteiger partial charge in [-0.3, -0.25) is 0 Å². The van der Waals surface area contributed by atoms with E-state index in [1.165, 1.54) is 12.3 Å². The Kier molecular flexibility index (Phi) is 3.47. The number of furan rings is 1. The first-order chi connectivity index (χ1) is 8.00. The van der Waals surface area contributed by atoms with Gasteiger partial charge < -0.3 is 9.52 Å². The van der Waals surface area contributed by atoms with Crippen molar-refractivity contribution in [3.63, 3.8) is 0 Å². The first-order valence-electron chi connectivity index (χ1n) is 5.78. The van der Waals surface area contributed by atoms with Crippen LogP contribution in [0.2, 0.25) is 0 Å². The van der Waals surface area contributed by atoms with Crippen molar-refractivity contribution in [1.29, 1.82) is 0 Å². The zero-order chi connectivity index (χ0) is 12.5. The summed E-state index contributed by atoms with van der Waals surface area (Å²) in [6.45, 7) is 0. The Morgan fingerprint density at radius 2 is 2.00 bits per heavy atom. The Labute approximate surface area is 97.4 Å². The first-order valence-corrected chi connectivity index (χ1v) is 5.78. The van der Waals surface area contributed by atoms with Gasteiger partial charge in [0.15, 0.2) is 0 Å². The van der Waals surface area contributed by atoms with Crippen LogP contribution < -0.4 is 0 Å². The molecule has 3 atom stereocenters. The van der Waals surface area contributed by atoms with E-state index in [0.717, 1.165) is 6.42 Å². The summed E-state index contributed by atoms with van der Waals surface area (Å²) in [4.78, 5) is 0. The van der Waals surface area contributed by atoms with Gasteiger partial charge in [-0.1, -0.05) is 12.8 Å². The molecule has 1 fully saturated rings. The molecule has 0 radical (unpaired) electrons. The second-order valence-corrected chi connectivity index (χ2v) is 4.56. The van der Waals surface area contributed by atoms with Crippen LogP contribution in [0.1, 0.15) is 37.5 Å². The predicted molar refractivity (Wildman–Crippen MR) is 55.2 cm³/mol. The molecule has 2 rings (SSSR count). The van der Waals surface area contributed by atoms with Gasteiger partial charge in [0, 0.05) is 5.92 Å². The van der Waals surface area contributed by atoms with Gasteiger partial charge in [-0.2, -0.15) is 13.2 Å². The number of rotatable bonds is 2. The Morgan fingerprint density at radius 1 is 1.29 bits per heavy atom. The summed E-state index contributed by atoms with van der Waals surface area (Å²) >= 11 is 0. The van der Waals surface area contributed by atoms with E-state index in [2.05, 4.69) is 0 Å². The van der Waals surface area contributed by atoms with Crippen LogP contribution in [0.5, 0.6) is 0 Å². The van der Waals surface area contributed by atoms with E-state index in [1.54, 1.807) is 6.07 Å². The SMILES string of the molecule is OC(c1ccco1)C1CCCCC1C(F)(F)F.